The zero-order valence-electron chi connectivity index (χ0n) is 8.92. The van der Waals surface area contributed by atoms with Crippen LogP contribution in [0.25, 0.3) is 0 Å². The first kappa shape index (κ1) is 10.5. The molecule has 0 radical (unpaired) electrons. The minimum atomic E-state index is 0.374. The third kappa shape index (κ3) is 2.32. The summed E-state index contributed by atoms with van der Waals surface area (Å²) in [5, 5.41) is 0. The van der Waals surface area contributed by atoms with E-state index in [9.17, 15) is 0 Å². The highest BCUT2D eigenvalue weighted by atomic mass is 16.5. The molecular weight excluding hydrogens is 204 g/mol. The third-order valence-electron chi connectivity index (χ3n) is 2.06. The average Bonchev–Trinajstić information content (AvgIpc) is 2.33. The Labute approximate surface area is 93.3 Å². The first-order valence-corrected chi connectivity index (χ1v) is 4.90. The molecule has 0 atom stereocenters. The largest absolute Gasteiger partial charge is 0.436 e. The van der Waals surface area contributed by atoms with E-state index in [2.05, 4.69) is 15.0 Å². The van der Waals surface area contributed by atoms with Crippen LogP contribution in [-0.2, 0) is 6.54 Å². The Balaban J connectivity index is 2.18. The predicted octanol–water partition coefficient (Wildman–Crippen LogP) is 1.43. The van der Waals surface area contributed by atoms with Gasteiger partial charge in [0.1, 0.15) is 0 Å². The molecule has 2 aromatic rings. The van der Waals surface area contributed by atoms with Gasteiger partial charge in [0.25, 0.3) is 0 Å². The zero-order chi connectivity index (χ0) is 11.4. The van der Waals surface area contributed by atoms with Crippen LogP contribution in [0.3, 0.4) is 0 Å². The number of rotatable bonds is 3. The van der Waals surface area contributed by atoms with Gasteiger partial charge in [0, 0.05) is 12.7 Å². The maximum atomic E-state index is 5.53. The van der Waals surface area contributed by atoms with Gasteiger partial charge in [0.05, 0.1) is 23.8 Å². The average molecular weight is 216 g/mol. The van der Waals surface area contributed by atoms with Crippen molar-refractivity contribution in [1.82, 2.24) is 15.0 Å². The molecular formula is C11H12N4O. The molecule has 0 aromatic carbocycles. The molecule has 0 amide bonds. The Kier molecular flexibility index (Phi) is 3.07. The number of aromatic nitrogens is 3. The topological polar surface area (TPSA) is 73.9 Å². The molecule has 2 heterocycles. The monoisotopic (exact) mass is 216 g/mol. The van der Waals surface area contributed by atoms with E-state index in [1.807, 2.05) is 19.1 Å². The van der Waals surface area contributed by atoms with Crippen molar-refractivity contribution < 1.29 is 4.74 Å². The van der Waals surface area contributed by atoms with Crippen molar-refractivity contribution in [2.75, 3.05) is 0 Å². The first-order chi connectivity index (χ1) is 7.79. The van der Waals surface area contributed by atoms with Gasteiger partial charge in [-0.25, -0.2) is 4.98 Å². The molecule has 2 N–H and O–H groups in total. The molecule has 5 nitrogen and oxygen atoms in total. The second-order valence-corrected chi connectivity index (χ2v) is 3.24. The summed E-state index contributed by atoms with van der Waals surface area (Å²) < 4.78 is 5.53. The number of hydrogen-bond donors (Lipinski definition) is 1. The van der Waals surface area contributed by atoms with E-state index in [0.29, 0.717) is 18.2 Å². The molecule has 5 heteroatoms. The van der Waals surface area contributed by atoms with E-state index in [1.54, 1.807) is 18.6 Å². The summed E-state index contributed by atoms with van der Waals surface area (Å²) in [6.07, 6.45) is 4.86. The molecule has 0 saturated heterocycles. The molecule has 2 rings (SSSR count). The number of pyridine rings is 1. The van der Waals surface area contributed by atoms with E-state index in [-0.39, 0.29) is 0 Å². The third-order valence-corrected chi connectivity index (χ3v) is 2.06. The van der Waals surface area contributed by atoms with Crippen LogP contribution in [0.4, 0.5) is 0 Å². The normalized spacial score (nSPS) is 10.1. The Bertz CT molecular complexity index is 470. The van der Waals surface area contributed by atoms with Gasteiger partial charge in [-0.05, 0) is 19.1 Å². The molecule has 0 unspecified atom stereocenters. The summed E-state index contributed by atoms with van der Waals surface area (Å²) in [5.74, 6) is 1.12. The van der Waals surface area contributed by atoms with Crippen molar-refractivity contribution in [3.63, 3.8) is 0 Å². The van der Waals surface area contributed by atoms with Gasteiger partial charge in [0.2, 0.25) is 5.88 Å². The summed E-state index contributed by atoms with van der Waals surface area (Å²) in [6, 6.07) is 3.64. The summed E-state index contributed by atoms with van der Waals surface area (Å²) in [7, 11) is 0. The van der Waals surface area contributed by atoms with Gasteiger partial charge in [0.15, 0.2) is 5.75 Å². The molecule has 0 bridgehead atoms. The van der Waals surface area contributed by atoms with Crippen molar-refractivity contribution in [3.05, 3.63) is 42.1 Å². The number of nitrogens with zero attached hydrogens (tertiary/aromatic N) is 3. The first-order valence-electron chi connectivity index (χ1n) is 4.90. The van der Waals surface area contributed by atoms with Gasteiger partial charge in [-0.1, -0.05) is 0 Å². The highest BCUT2D eigenvalue weighted by Crippen LogP contribution is 2.20. The van der Waals surface area contributed by atoms with Gasteiger partial charge in [-0.15, -0.1) is 0 Å². The fraction of sp³-hybridized carbons (Fsp3) is 0.182. The van der Waals surface area contributed by atoms with E-state index in [0.717, 1.165) is 11.4 Å². The molecule has 0 aliphatic rings. The predicted molar refractivity (Wildman–Crippen MR) is 59.0 cm³/mol. The summed E-state index contributed by atoms with van der Waals surface area (Å²) in [5.41, 5.74) is 6.97. The Hall–Kier alpha value is -2.01. The van der Waals surface area contributed by atoms with Crippen LogP contribution in [-0.4, -0.2) is 15.0 Å². The minimum Gasteiger partial charge on any atom is -0.436 e. The molecule has 2 aromatic heterocycles. The summed E-state index contributed by atoms with van der Waals surface area (Å²) in [6.45, 7) is 2.25. The lowest BCUT2D eigenvalue weighted by Gasteiger charge is -2.06. The molecule has 0 aliphatic carbocycles. The number of aryl methyl sites for hydroxylation is 1. The maximum absolute atomic E-state index is 5.53. The zero-order valence-corrected chi connectivity index (χ0v) is 8.92. The molecule has 0 fully saturated rings. The molecule has 0 saturated carbocycles. The summed E-state index contributed by atoms with van der Waals surface area (Å²) >= 11 is 0. The van der Waals surface area contributed by atoms with E-state index in [1.165, 1.54) is 0 Å². The van der Waals surface area contributed by atoms with Gasteiger partial charge >= 0.3 is 0 Å². The quantitative estimate of drug-likeness (QED) is 0.840. The smallest absolute Gasteiger partial charge is 0.237 e. The molecule has 16 heavy (non-hydrogen) atoms. The van der Waals surface area contributed by atoms with Crippen molar-refractivity contribution in [2.24, 2.45) is 5.73 Å². The van der Waals surface area contributed by atoms with Gasteiger partial charge < -0.3 is 10.5 Å². The van der Waals surface area contributed by atoms with Crippen LogP contribution in [0.5, 0.6) is 11.6 Å². The molecule has 0 spiro atoms. The fourth-order valence-corrected chi connectivity index (χ4v) is 1.19. The van der Waals surface area contributed by atoms with E-state index >= 15 is 0 Å². The van der Waals surface area contributed by atoms with Gasteiger partial charge in [-0.2, -0.15) is 0 Å². The minimum absolute atomic E-state index is 0.374. The highest BCUT2D eigenvalue weighted by molar-refractivity contribution is 5.29. The SMILES string of the molecule is Cc1ncccc1Oc1cnc(CN)cn1. The standard InChI is InChI=1S/C11H12N4O/c1-8-10(3-2-4-13-8)16-11-7-14-9(5-12)6-15-11/h2-4,6-7H,5,12H2,1H3. The number of ether oxygens (including phenoxy) is 1. The van der Waals surface area contributed by atoms with Crippen LogP contribution in [0.1, 0.15) is 11.4 Å². The van der Waals surface area contributed by atoms with Crippen molar-refractivity contribution in [3.8, 4) is 11.6 Å². The Morgan fingerprint density at radius 2 is 2.12 bits per heavy atom. The maximum Gasteiger partial charge on any atom is 0.237 e. The Morgan fingerprint density at radius 1 is 1.25 bits per heavy atom. The van der Waals surface area contributed by atoms with Crippen LogP contribution >= 0.6 is 0 Å². The van der Waals surface area contributed by atoms with Crippen LogP contribution in [0.15, 0.2) is 30.7 Å². The van der Waals surface area contributed by atoms with Crippen molar-refractivity contribution in [2.45, 2.75) is 13.5 Å². The van der Waals surface area contributed by atoms with E-state index < -0.39 is 0 Å². The van der Waals surface area contributed by atoms with Crippen molar-refractivity contribution >= 4 is 0 Å². The fourth-order valence-electron chi connectivity index (χ4n) is 1.19. The number of nitrogens with two attached hydrogens (primary N) is 1. The summed E-state index contributed by atoms with van der Waals surface area (Å²) in [4.78, 5) is 12.3. The lowest BCUT2D eigenvalue weighted by atomic mass is 10.3. The number of hydrogen-bond acceptors (Lipinski definition) is 5. The van der Waals surface area contributed by atoms with Crippen molar-refractivity contribution in [1.29, 1.82) is 0 Å². The molecule has 82 valence electrons. The second-order valence-electron chi connectivity index (χ2n) is 3.24. The Morgan fingerprint density at radius 3 is 2.75 bits per heavy atom. The lowest BCUT2D eigenvalue weighted by Crippen LogP contribution is -2.00. The van der Waals surface area contributed by atoms with Crippen LogP contribution < -0.4 is 10.5 Å². The van der Waals surface area contributed by atoms with Crippen LogP contribution in [0, 0.1) is 6.92 Å². The van der Waals surface area contributed by atoms with E-state index in [4.69, 9.17) is 10.5 Å². The molecule has 0 aliphatic heterocycles. The van der Waals surface area contributed by atoms with Crippen LogP contribution in [0.2, 0.25) is 0 Å². The highest BCUT2D eigenvalue weighted by Gasteiger charge is 2.02. The lowest BCUT2D eigenvalue weighted by molar-refractivity contribution is 0.453. The van der Waals surface area contributed by atoms with Gasteiger partial charge in [-0.3, -0.25) is 9.97 Å². The second kappa shape index (κ2) is 4.67.